The SMILES string of the molecule is CCOC(=O)c1cc2cc(CN(N)/C=C(\N)C(O)(CC)C(F)(F)F)ccn2c1-c1cccnc1. The van der Waals surface area contributed by atoms with Gasteiger partial charge in [-0.05, 0) is 49.2 Å². The van der Waals surface area contributed by atoms with E-state index >= 15 is 0 Å². The van der Waals surface area contributed by atoms with Crippen LogP contribution in [0.15, 0.2) is 60.8 Å². The number of hydrogen-bond acceptors (Lipinski definition) is 7. The summed E-state index contributed by atoms with van der Waals surface area (Å²) >= 11 is 0. The minimum absolute atomic E-state index is 0.00298. The van der Waals surface area contributed by atoms with Crippen molar-refractivity contribution in [1.29, 1.82) is 0 Å². The molecule has 0 aliphatic carbocycles. The van der Waals surface area contributed by atoms with Crippen LogP contribution in [0.2, 0.25) is 0 Å². The molecular weight excluding hydrogens is 451 g/mol. The Bertz CT molecular complexity index is 1190. The summed E-state index contributed by atoms with van der Waals surface area (Å²) in [6, 6.07) is 8.67. The van der Waals surface area contributed by atoms with Gasteiger partial charge in [-0.15, -0.1) is 0 Å². The van der Waals surface area contributed by atoms with Gasteiger partial charge >= 0.3 is 12.1 Å². The van der Waals surface area contributed by atoms with Crippen LogP contribution >= 0.6 is 0 Å². The number of hydrazine groups is 1. The highest BCUT2D eigenvalue weighted by Crippen LogP contribution is 2.37. The molecule has 0 aliphatic heterocycles. The smallest absolute Gasteiger partial charge is 0.422 e. The second kappa shape index (κ2) is 9.74. The van der Waals surface area contributed by atoms with E-state index in [1.165, 1.54) is 6.92 Å². The first-order valence-electron chi connectivity index (χ1n) is 10.5. The standard InChI is InChI=1S/C23H26F3N5O3/c1-3-22(33,23(24,25)26)19(27)14-30(28)13-15-7-9-31-17(10-15)11-18(21(32)34-4-2)20(31)16-6-5-8-29-12-16/h5-12,14,33H,3-4,13,27-28H2,1-2H3/b19-14-. The summed E-state index contributed by atoms with van der Waals surface area (Å²) in [5, 5.41) is 10.9. The van der Waals surface area contributed by atoms with Crippen LogP contribution in [-0.2, 0) is 11.3 Å². The first-order valence-corrected chi connectivity index (χ1v) is 10.5. The zero-order chi connectivity index (χ0) is 25.1. The molecular formula is C23H26F3N5O3. The summed E-state index contributed by atoms with van der Waals surface area (Å²) in [7, 11) is 0. The minimum Gasteiger partial charge on any atom is -0.462 e. The van der Waals surface area contributed by atoms with Gasteiger partial charge in [0.1, 0.15) is 0 Å². The highest BCUT2D eigenvalue weighted by Gasteiger charge is 2.54. The fourth-order valence-corrected chi connectivity index (χ4v) is 3.60. The van der Waals surface area contributed by atoms with E-state index in [2.05, 4.69) is 4.98 Å². The summed E-state index contributed by atoms with van der Waals surface area (Å²) in [6.45, 7) is 3.09. The van der Waals surface area contributed by atoms with Crippen molar-refractivity contribution in [3.8, 4) is 11.3 Å². The molecule has 182 valence electrons. The van der Waals surface area contributed by atoms with Crippen molar-refractivity contribution < 1.29 is 27.8 Å². The molecule has 0 amide bonds. The van der Waals surface area contributed by atoms with E-state index in [1.54, 1.807) is 54.2 Å². The maximum atomic E-state index is 13.2. The summed E-state index contributed by atoms with van der Waals surface area (Å²) in [6.07, 6.45) is 0.230. The fourth-order valence-electron chi connectivity index (χ4n) is 3.60. The number of hydrogen-bond donors (Lipinski definition) is 3. The zero-order valence-corrected chi connectivity index (χ0v) is 18.7. The van der Waals surface area contributed by atoms with Gasteiger partial charge < -0.3 is 25.0 Å². The number of carbonyl (C=O) groups is 1. The number of pyridine rings is 2. The molecule has 0 saturated heterocycles. The lowest BCUT2D eigenvalue weighted by molar-refractivity contribution is -0.245. The summed E-state index contributed by atoms with van der Waals surface area (Å²) in [4.78, 5) is 16.7. The average molecular weight is 477 g/mol. The molecule has 3 heterocycles. The van der Waals surface area contributed by atoms with Crippen LogP contribution in [0.3, 0.4) is 0 Å². The maximum Gasteiger partial charge on any atom is 0.422 e. The Balaban J connectivity index is 1.96. The first kappa shape index (κ1) is 25.1. The van der Waals surface area contributed by atoms with Crippen molar-refractivity contribution in [2.24, 2.45) is 11.6 Å². The third-order valence-corrected chi connectivity index (χ3v) is 5.40. The van der Waals surface area contributed by atoms with Crippen LogP contribution in [0.1, 0.15) is 36.2 Å². The second-order valence-electron chi connectivity index (χ2n) is 7.67. The molecule has 3 aromatic rings. The molecule has 0 spiro atoms. The van der Waals surface area contributed by atoms with Crippen molar-refractivity contribution in [2.45, 2.75) is 38.6 Å². The molecule has 0 aliphatic rings. The number of nitrogens with zero attached hydrogens (tertiary/aromatic N) is 3. The minimum atomic E-state index is -4.94. The highest BCUT2D eigenvalue weighted by molar-refractivity contribution is 5.99. The van der Waals surface area contributed by atoms with E-state index in [0.717, 1.165) is 11.2 Å². The van der Waals surface area contributed by atoms with Crippen molar-refractivity contribution in [1.82, 2.24) is 14.4 Å². The monoisotopic (exact) mass is 477 g/mol. The lowest BCUT2D eigenvalue weighted by Gasteiger charge is -2.30. The summed E-state index contributed by atoms with van der Waals surface area (Å²) in [5.41, 5.74) is 4.50. The molecule has 3 rings (SSSR count). The van der Waals surface area contributed by atoms with E-state index in [0.29, 0.717) is 27.9 Å². The number of fused-ring (bicyclic) bond motifs is 1. The lowest BCUT2D eigenvalue weighted by atomic mass is 9.96. The quantitative estimate of drug-likeness (QED) is 0.259. The molecule has 11 heteroatoms. The first-order chi connectivity index (χ1) is 16.0. The molecule has 1 unspecified atom stereocenters. The third-order valence-electron chi connectivity index (χ3n) is 5.40. The van der Waals surface area contributed by atoms with Gasteiger partial charge in [-0.1, -0.05) is 6.92 Å². The Hall–Kier alpha value is -3.57. The van der Waals surface area contributed by atoms with Crippen LogP contribution in [0.5, 0.6) is 0 Å². The highest BCUT2D eigenvalue weighted by atomic mass is 19.4. The van der Waals surface area contributed by atoms with Gasteiger partial charge in [-0.2, -0.15) is 13.2 Å². The summed E-state index contributed by atoms with van der Waals surface area (Å²) < 4.78 is 46.7. The van der Waals surface area contributed by atoms with Crippen molar-refractivity contribution in [3.63, 3.8) is 0 Å². The number of nitrogens with two attached hydrogens (primary N) is 2. The van der Waals surface area contributed by atoms with Gasteiger partial charge in [0.2, 0.25) is 5.60 Å². The van der Waals surface area contributed by atoms with Crippen molar-refractivity contribution >= 4 is 11.5 Å². The zero-order valence-electron chi connectivity index (χ0n) is 18.7. The van der Waals surface area contributed by atoms with Gasteiger partial charge in [0, 0.05) is 35.9 Å². The van der Waals surface area contributed by atoms with E-state index < -0.39 is 29.9 Å². The molecule has 0 aromatic carbocycles. The largest absolute Gasteiger partial charge is 0.462 e. The molecule has 0 radical (unpaired) electrons. The van der Waals surface area contributed by atoms with Crippen LogP contribution in [0.4, 0.5) is 13.2 Å². The van der Waals surface area contributed by atoms with Gasteiger partial charge in [-0.25, -0.2) is 10.6 Å². The normalized spacial score (nSPS) is 14.1. The van der Waals surface area contributed by atoms with Crippen molar-refractivity contribution in [2.75, 3.05) is 6.61 Å². The molecule has 5 N–H and O–H groups in total. The molecule has 1 atom stereocenters. The maximum absolute atomic E-state index is 13.2. The molecule has 0 saturated carbocycles. The van der Waals surface area contributed by atoms with E-state index in [4.69, 9.17) is 16.3 Å². The average Bonchev–Trinajstić information content (AvgIpc) is 3.17. The number of carbonyl (C=O) groups excluding carboxylic acids is 1. The van der Waals surface area contributed by atoms with Crippen molar-refractivity contribution in [3.05, 3.63) is 71.9 Å². The Morgan fingerprint density at radius 3 is 2.62 bits per heavy atom. The molecule has 8 nitrogen and oxygen atoms in total. The Morgan fingerprint density at radius 1 is 1.29 bits per heavy atom. The Kier molecular flexibility index (Phi) is 7.18. The van der Waals surface area contributed by atoms with Crippen LogP contribution in [-0.4, -0.2) is 43.9 Å². The van der Waals surface area contributed by atoms with Gasteiger partial charge in [-0.3, -0.25) is 4.98 Å². The lowest BCUT2D eigenvalue weighted by Crippen LogP contribution is -2.49. The molecule has 34 heavy (non-hydrogen) atoms. The number of aromatic nitrogens is 2. The Morgan fingerprint density at radius 2 is 2.03 bits per heavy atom. The number of alkyl halides is 3. The number of rotatable bonds is 8. The van der Waals surface area contributed by atoms with Crippen LogP contribution < -0.4 is 11.6 Å². The summed E-state index contributed by atoms with van der Waals surface area (Å²) in [5.74, 6) is 5.38. The number of aliphatic hydroxyl groups is 1. The second-order valence-corrected chi connectivity index (χ2v) is 7.67. The third kappa shape index (κ3) is 4.85. The predicted octanol–water partition coefficient (Wildman–Crippen LogP) is 3.36. The van der Waals surface area contributed by atoms with E-state index in [-0.39, 0.29) is 13.2 Å². The van der Waals surface area contributed by atoms with Crippen LogP contribution in [0, 0.1) is 0 Å². The molecule has 3 aromatic heterocycles. The number of ether oxygens (including phenoxy) is 1. The fraction of sp³-hybridized carbons (Fsp3) is 0.304. The number of esters is 1. The van der Waals surface area contributed by atoms with Gasteiger partial charge in [0.15, 0.2) is 0 Å². The van der Waals surface area contributed by atoms with Gasteiger partial charge in [0.05, 0.1) is 30.1 Å². The molecule has 0 bridgehead atoms. The van der Waals surface area contributed by atoms with Gasteiger partial charge in [0.25, 0.3) is 0 Å². The van der Waals surface area contributed by atoms with E-state index in [9.17, 15) is 23.1 Å². The predicted molar refractivity (Wildman–Crippen MR) is 120 cm³/mol. The topological polar surface area (TPSA) is 119 Å². The molecule has 0 fully saturated rings. The van der Waals surface area contributed by atoms with E-state index in [1.807, 2.05) is 6.07 Å². The van der Waals surface area contributed by atoms with Crippen LogP contribution in [0.25, 0.3) is 16.8 Å². The Labute approximate surface area is 194 Å². The number of halogens is 3.